The van der Waals surface area contributed by atoms with E-state index in [1.807, 2.05) is 0 Å². The second-order valence-corrected chi connectivity index (χ2v) is 10.5. The molecule has 0 bridgehead atoms. The van der Waals surface area contributed by atoms with Gasteiger partial charge in [-0.3, -0.25) is 4.79 Å². The van der Waals surface area contributed by atoms with Crippen LogP contribution >= 0.6 is 0 Å². The highest BCUT2D eigenvalue weighted by molar-refractivity contribution is 5.75. The lowest BCUT2D eigenvalue weighted by Crippen LogP contribution is -2.25. The lowest BCUT2D eigenvalue weighted by molar-refractivity contribution is -0.121. The minimum Gasteiger partial charge on any atom is -0.390 e. The van der Waals surface area contributed by atoms with Crippen LogP contribution in [0.25, 0.3) is 0 Å². The van der Waals surface area contributed by atoms with E-state index < -0.39 is 12.2 Å². The highest BCUT2D eigenvalue weighted by Crippen LogP contribution is 2.15. The zero-order valence-electron chi connectivity index (χ0n) is 23.1. The molecule has 0 aromatic carbocycles. The van der Waals surface area contributed by atoms with Crippen molar-refractivity contribution in [3.8, 4) is 0 Å². The second kappa shape index (κ2) is 27.0. The van der Waals surface area contributed by atoms with Gasteiger partial charge in [0.1, 0.15) is 0 Å². The fourth-order valence-corrected chi connectivity index (χ4v) is 4.62. The number of aliphatic hydroxyl groups excluding tert-OH is 2. The van der Waals surface area contributed by atoms with E-state index in [1.54, 1.807) is 0 Å². The topological polar surface area (TPSA) is 69.6 Å². The summed E-state index contributed by atoms with van der Waals surface area (Å²) in [5, 5.41) is 23.3. The predicted molar refractivity (Wildman–Crippen MR) is 147 cm³/mol. The van der Waals surface area contributed by atoms with Crippen LogP contribution in [-0.2, 0) is 4.79 Å². The summed E-state index contributed by atoms with van der Waals surface area (Å²) in [5.41, 5.74) is 0. The van der Waals surface area contributed by atoms with Crippen molar-refractivity contribution in [2.75, 3.05) is 6.54 Å². The molecular formula is C30H61NO3. The van der Waals surface area contributed by atoms with Crippen LogP contribution in [0.4, 0.5) is 0 Å². The van der Waals surface area contributed by atoms with E-state index in [0.717, 1.165) is 64.3 Å². The number of hydrogen-bond donors (Lipinski definition) is 3. The van der Waals surface area contributed by atoms with E-state index in [4.69, 9.17) is 0 Å². The first-order valence-electron chi connectivity index (χ1n) is 15.2. The summed E-state index contributed by atoms with van der Waals surface area (Å²) in [4.78, 5) is 11.9. The Morgan fingerprint density at radius 1 is 0.529 bits per heavy atom. The van der Waals surface area contributed by atoms with Gasteiger partial charge in [-0.2, -0.15) is 0 Å². The highest BCUT2D eigenvalue weighted by Gasteiger charge is 2.15. The monoisotopic (exact) mass is 483 g/mol. The molecule has 0 spiro atoms. The van der Waals surface area contributed by atoms with Crippen molar-refractivity contribution in [2.45, 2.75) is 180 Å². The van der Waals surface area contributed by atoms with Gasteiger partial charge in [0.05, 0.1) is 12.2 Å². The first-order valence-corrected chi connectivity index (χ1v) is 15.2. The number of carbonyl (C=O) groups excluding carboxylic acids is 1. The Hall–Kier alpha value is -0.610. The van der Waals surface area contributed by atoms with Crippen molar-refractivity contribution in [3.63, 3.8) is 0 Å². The minimum atomic E-state index is -0.577. The summed E-state index contributed by atoms with van der Waals surface area (Å²) in [6.45, 7) is 5.31. The number of aliphatic hydroxyl groups is 2. The van der Waals surface area contributed by atoms with Crippen molar-refractivity contribution in [1.82, 2.24) is 5.32 Å². The Morgan fingerprint density at radius 2 is 0.882 bits per heavy atom. The quantitative estimate of drug-likeness (QED) is 0.103. The maximum absolute atomic E-state index is 11.9. The number of unbranched alkanes of at least 4 members (excludes halogenated alkanes) is 18. The lowest BCUT2D eigenvalue weighted by Gasteiger charge is -2.17. The second-order valence-electron chi connectivity index (χ2n) is 10.5. The Morgan fingerprint density at radius 3 is 1.32 bits per heavy atom. The van der Waals surface area contributed by atoms with Crippen molar-refractivity contribution in [3.05, 3.63) is 0 Å². The molecular weight excluding hydrogens is 422 g/mol. The van der Waals surface area contributed by atoms with E-state index in [0.29, 0.717) is 12.8 Å². The fourth-order valence-electron chi connectivity index (χ4n) is 4.62. The fraction of sp³-hybridized carbons (Fsp3) is 0.967. The third kappa shape index (κ3) is 24.5. The normalized spacial score (nSPS) is 13.2. The summed E-state index contributed by atoms with van der Waals surface area (Å²) in [7, 11) is 0. The van der Waals surface area contributed by atoms with Crippen LogP contribution < -0.4 is 5.32 Å². The number of amides is 1. The molecule has 1 amide bonds. The molecule has 4 heteroatoms. The zero-order chi connectivity index (χ0) is 25.1. The van der Waals surface area contributed by atoms with Gasteiger partial charge in [-0.15, -0.1) is 0 Å². The largest absolute Gasteiger partial charge is 0.390 e. The molecule has 0 fully saturated rings. The molecule has 0 aliphatic rings. The van der Waals surface area contributed by atoms with Gasteiger partial charge in [0.15, 0.2) is 0 Å². The Labute approximate surface area is 213 Å². The van der Waals surface area contributed by atoms with E-state index in [-0.39, 0.29) is 5.91 Å². The summed E-state index contributed by atoms with van der Waals surface area (Å²) < 4.78 is 0. The number of nitrogens with one attached hydrogen (secondary N) is 1. The third-order valence-corrected chi connectivity index (χ3v) is 7.05. The molecule has 4 nitrogen and oxygen atoms in total. The summed E-state index contributed by atoms with van der Waals surface area (Å²) in [6.07, 6.45) is 26.6. The average Bonchev–Trinajstić information content (AvgIpc) is 2.83. The molecule has 0 aromatic heterocycles. The SMILES string of the molecule is CCCCCCCCCCCCNC(=O)CCCCCCCC(O)C(O)CCCCCCCC. The van der Waals surface area contributed by atoms with Crippen LogP contribution in [0.1, 0.15) is 168 Å². The molecule has 0 saturated carbocycles. The van der Waals surface area contributed by atoms with E-state index in [9.17, 15) is 15.0 Å². The van der Waals surface area contributed by atoms with Crippen LogP contribution in [-0.4, -0.2) is 34.9 Å². The molecule has 0 aromatic rings. The van der Waals surface area contributed by atoms with Crippen molar-refractivity contribution in [1.29, 1.82) is 0 Å². The molecule has 34 heavy (non-hydrogen) atoms. The molecule has 0 saturated heterocycles. The number of carbonyl (C=O) groups is 1. The Kier molecular flexibility index (Phi) is 26.5. The standard InChI is InChI=1S/C30H61NO3/c1-3-5-7-9-11-12-13-14-19-23-27-31-30(34)26-22-18-15-17-21-25-29(33)28(32)24-20-16-10-8-6-4-2/h28-29,32-33H,3-27H2,1-2H3,(H,31,34). The van der Waals surface area contributed by atoms with Gasteiger partial charge < -0.3 is 15.5 Å². The van der Waals surface area contributed by atoms with Crippen LogP contribution in [0.3, 0.4) is 0 Å². The van der Waals surface area contributed by atoms with E-state index in [2.05, 4.69) is 19.2 Å². The van der Waals surface area contributed by atoms with Gasteiger partial charge in [0.2, 0.25) is 5.91 Å². The first kappa shape index (κ1) is 33.4. The van der Waals surface area contributed by atoms with E-state index in [1.165, 1.54) is 83.5 Å². The van der Waals surface area contributed by atoms with Crippen LogP contribution in [0.5, 0.6) is 0 Å². The average molecular weight is 484 g/mol. The smallest absolute Gasteiger partial charge is 0.219 e. The maximum Gasteiger partial charge on any atom is 0.219 e. The third-order valence-electron chi connectivity index (χ3n) is 7.05. The van der Waals surface area contributed by atoms with E-state index >= 15 is 0 Å². The van der Waals surface area contributed by atoms with Gasteiger partial charge in [-0.1, -0.05) is 136 Å². The van der Waals surface area contributed by atoms with Gasteiger partial charge in [0.25, 0.3) is 0 Å². The molecule has 0 aliphatic heterocycles. The van der Waals surface area contributed by atoms with Crippen LogP contribution in [0.15, 0.2) is 0 Å². The lowest BCUT2D eigenvalue weighted by atomic mass is 9.99. The molecule has 0 heterocycles. The molecule has 2 atom stereocenters. The predicted octanol–water partition coefficient (Wildman–Crippen LogP) is 8.23. The van der Waals surface area contributed by atoms with Crippen LogP contribution in [0, 0.1) is 0 Å². The minimum absolute atomic E-state index is 0.198. The first-order chi connectivity index (χ1) is 16.6. The van der Waals surface area contributed by atoms with Crippen LogP contribution in [0.2, 0.25) is 0 Å². The zero-order valence-corrected chi connectivity index (χ0v) is 23.1. The number of rotatable bonds is 27. The summed E-state index contributed by atoms with van der Waals surface area (Å²) >= 11 is 0. The molecule has 3 N–H and O–H groups in total. The molecule has 204 valence electrons. The molecule has 0 aliphatic carbocycles. The van der Waals surface area contributed by atoms with Crippen molar-refractivity contribution < 1.29 is 15.0 Å². The summed E-state index contributed by atoms with van der Waals surface area (Å²) in [5.74, 6) is 0.198. The molecule has 0 radical (unpaired) electrons. The maximum atomic E-state index is 11.9. The van der Waals surface area contributed by atoms with Crippen molar-refractivity contribution in [2.24, 2.45) is 0 Å². The molecule has 2 unspecified atom stereocenters. The van der Waals surface area contributed by atoms with Gasteiger partial charge in [-0.25, -0.2) is 0 Å². The Balaban J connectivity index is 3.36. The van der Waals surface area contributed by atoms with Gasteiger partial charge >= 0.3 is 0 Å². The van der Waals surface area contributed by atoms with Crippen molar-refractivity contribution >= 4 is 5.91 Å². The molecule has 0 rings (SSSR count). The Bertz CT molecular complexity index is 416. The summed E-state index contributed by atoms with van der Waals surface area (Å²) in [6, 6.07) is 0. The van der Waals surface area contributed by atoms with Gasteiger partial charge in [0, 0.05) is 13.0 Å². The van der Waals surface area contributed by atoms with Gasteiger partial charge in [-0.05, 0) is 25.7 Å². The number of hydrogen-bond acceptors (Lipinski definition) is 3. The highest BCUT2D eigenvalue weighted by atomic mass is 16.3.